The average Bonchev–Trinajstić information content (AvgIpc) is 2.69. The standard InChI is InChI=1S/C13H25N3S/c1-7-9(3)16(6)13-15-11(5)12(17-13)10(4)14-8-2/h9-10,14H,7-8H2,1-6H3. The monoisotopic (exact) mass is 255 g/mol. The zero-order chi connectivity index (χ0) is 13.0. The van der Waals surface area contributed by atoms with Gasteiger partial charge >= 0.3 is 0 Å². The van der Waals surface area contributed by atoms with Gasteiger partial charge in [0.2, 0.25) is 0 Å². The van der Waals surface area contributed by atoms with Crippen LogP contribution in [0, 0.1) is 6.92 Å². The second-order valence-corrected chi connectivity index (χ2v) is 5.60. The van der Waals surface area contributed by atoms with E-state index >= 15 is 0 Å². The van der Waals surface area contributed by atoms with E-state index in [1.807, 2.05) is 11.3 Å². The van der Waals surface area contributed by atoms with Gasteiger partial charge in [0.25, 0.3) is 0 Å². The van der Waals surface area contributed by atoms with E-state index in [-0.39, 0.29) is 0 Å². The first-order valence-electron chi connectivity index (χ1n) is 6.44. The highest BCUT2D eigenvalue weighted by Gasteiger charge is 2.17. The zero-order valence-corrected chi connectivity index (χ0v) is 12.7. The molecule has 1 aromatic rings. The fourth-order valence-electron chi connectivity index (χ4n) is 1.81. The Morgan fingerprint density at radius 2 is 2.00 bits per heavy atom. The zero-order valence-electron chi connectivity index (χ0n) is 11.9. The molecule has 17 heavy (non-hydrogen) atoms. The quantitative estimate of drug-likeness (QED) is 0.845. The van der Waals surface area contributed by atoms with Crippen LogP contribution >= 0.6 is 11.3 Å². The summed E-state index contributed by atoms with van der Waals surface area (Å²) in [4.78, 5) is 8.32. The fourth-order valence-corrected chi connectivity index (χ4v) is 2.96. The number of nitrogens with one attached hydrogen (secondary N) is 1. The lowest BCUT2D eigenvalue weighted by atomic mass is 10.2. The molecule has 0 aliphatic carbocycles. The first-order chi connectivity index (χ1) is 8.01. The van der Waals surface area contributed by atoms with Gasteiger partial charge < -0.3 is 10.2 Å². The van der Waals surface area contributed by atoms with Gasteiger partial charge in [-0.05, 0) is 33.7 Å². The molecule has 0 aromatic carbocycles. The van der Waals surface area contributed by atoms with Crippen LogP contribution in [0.1, 0.15) is 50.7 Å². The third-order valence-corrected chi connectivity index (χ3v) is 4.71. The molecule has 4 heteroatoms. The van der Waals surface area contributed by atoms with Crippen LogP contribution in [0.5, 0.6) is 0 Å². The normalized spacial score (nSPS) is 14.7. The Morgan fingerprint density at radius 1 is 1.35 bits per heavy atom. The van der Waals surface area contributed by atoms with E-state index in [0.29, 0.717) is 12.1 Å². The Balaban J connectivity index is 2.87. The largest absolute Gasteiger partial charge is 0.348 e. The predicted molar refractivity (Wildman–Crippen MR) is 77.1 cm³/mol. The second kappa shape index (κ2) is 6.36. The molecule has 0 spiro atoms. The van der Waals surface area contributed by atoms with Crippen LogP contribution in [-0.2, 0) is 0 Å². The Morgan fingerprint density at radius 3 is 2.53 bits per heavy atom. The number of anilines is 1. The van der Waals surface area contributed by atoms with Crippen molar-refractivity contribution in [2.24, 2.45) is 0 Å². The molecule has 0 aliphatic heterocycles. The smallest absolute Gasteiger partial charge is 0.185 e. The first-order valence-corrected chi connectivity index (χ1v) is 7.26. The SMILES string of the molecule is CCNC(C)c1sc(N(C)C(C)CC)nc1C. The molecule has 2 unspecified atom stereocenters. The van der Waals surface area contributed by atoms with E-state index in [4.69, 9.17) is 0 Å². The van der Waals surface area contributed by atoms with E-state index in [1.165, 1.54) is 4.88 Å². The molecule has 1 heterocycles. The maximum absolute atomic E-state index is 4.69. The topological polar surface area (TPSA) is 28.2 Å². The van der Waals surface area contributed by atoms with Crippen molar-refractivity contribution in [2.45, 2.75) is 53.1 Å². The summed E-state index contributed by atoms with van der Waals surface area (Å²) >= 11 is 1.81. The first kappa shape index (κ1) is 14.5. The predicted octanol–water partition coefficient (Wildman–Crippen LogP) is 3.36. The van der Waals surface area contributed by atoms with Gasteiger partial charge in [-0.3, -0.25) is 0 Å². The summed E-state index contributed by atoms with van der Waals surface area (Å²) in [7, 11) is 2.13. The number of hydrogen-bond acceptors (Lipinski definition) is 4. The molecule has 1 N–H and O–H groups in total. The van der Waals surface area contributed by atoms with Gasteiger partial charge in [-0.25, -0.2) is 4.98 Å². The maximum Gasteiger partial charge on any atom is 0.185 e. The molecule has 0 bridgehead atoms. The molecular weight excluding hydrogens is 230 g/mol. The lowest BCUT2D eigenvalue weighted by Gasteiger charge is -2.22. The second-order valence-electron chi connectivity index (χ2n) is 4.59. The summed E-state index contributed by atoms with van der Waals surface area (Å²) in [6.07, 6.45) is 1.15. The van der Waals surface area contributed by atoms with Crippen LogP contribution < -0.4 is 10.2 Å². The minimum Gasteiger partial charge on any atom is -0.348 e. The summed E-state index contributed by atoms with van der Waals surface area (Å²) < 4.78 is 0. The number of aromatic nitrogens is 1. The highest BCUT2D eigenvalue weighted by molar-refractivity contribution is 7.15. The molecule has 98 valence electrons. The average molecular weight is 255 g/mol. The summed E-state index contributed by atoms with van der Waals surface area (Å²) in [5.74, 6) is 0. The molecule has 0 aliphatic rings. The van der Waals surface area contributed by atoms with Crippen molar-refractivity contribution in [1.29, 1.82) is 0 Å². The molecule has 3 nitrogen and oxygen atoms in total. The van der Waals surface area contributed by atoms with Crippen LogP contribution in [0.3, 0.4) is 0 Å². The molecule has 0 radical (unpaired) electrons. The van der Waals surface area contributed by atoms with Gasteiger partial charge in [0.1, 0.15) is 0 Å². The summed E-state index contributed by atoms with van der Waals surface area (Å²) in [5.41, 5.74) is 1.16. The summed E-state index contributed by atoms with van der Waals surface area (Å²) in [6.45, 7) is 11.9. The number of aryl methyl sites for hydroxylation is 1. The van der Waals surface area contributed by atoms with Gasteiger partial charge in [-0.15, -0.1) is 11.3 Å². The van der Waals surface area contributed by atoms with E-state index < -0.39 is 0 Å². The lowest BCUT2D eigenvalue weighted by molar-refractivity contribution is 0.603. The molecule has 1 rings (SSSR count). The Hall–Kier alpha value is -0.610. The number of hydrogen-bond donors (Lipinski definition) is 1. The van der Waals surface area contributed by atoms with Gasteiger partial charge in [-0.1, -0.05) is 13.8 Å². The van der Waals surface area contributed by atoms with E-state index in [9.17, 15) is 0 Å². The van der Waals surface area contributed by atoms with Crippen molar-refractivity contribution in [3.63, 3.8) is 0 Å². The van der Waals surface area contributed by atoms with Crippen LogP contribution in [0.4, 0.5) is 5.13 Å². The van der Waals surface area contributed by atoms with Crippen molar-refractivity contribution in [3.05, 3.63) is 10.6 Å². The highest BCUT2D eigenvalue weighted by Crippen LogP contribution is 2.31. The number of rotatable bonds is 6. The Labute approximate surface area is 109 Å². The molecule has 0 amide bonds. The van der Waals surface area contributed by atoms with Crippen molar-refractivity contribution in [3.8, 4) is 0 Å². The van der Waals surface area contributed by atoms with E-state index in [0.717, 1.165) is 23.8 Å². The van der Waals surface area contributed by atoms with Crippen molar-refractivity contribution < 1.29 is 0 Å². The van der Waals surface area contributed by atoms with Crippen molar-refractivity contribution in [2.75, 3.05) is 18.5 Å². The Kier molecular flexibility index (Phi) is 5.40. The van der Waals surface area contributed by atoms with E-state index in [1.54, 1.807) is 0 Å². The van der Waals surface area contributed by atoms with Gasteiger partial charge in [0, 0.05) is 24.0 Å². The van der Waals surface area contributed by atoms with Gasteiger partial charge in [0.05, 0.1) is 5.69 Å². The fraction of sp³-hybridized carbons (Fsp3) is 0.769. The number of nitrogens with zero attached hydrogens (tertiary/aromatic N) is 2. The molecule has 0 fully saturated rings. The molecular formula is C13H25N3S. The van der Waals surface area contributed by atoms with Crippen LogP contribution in [0.15, 0.2) is 0 Å². The number of thiazole rings is 1. The third-order valence-electron chi connectivity index (χ3n) is 3.28. The molecule has 0 saturated heterocycles. The van der Waals surface area contributed by atoms with Crippen molar-refractivity contribution in [1.82, 2.24) is 10.3 Å². The van der Waals surface area contributed by atoms with E-state index in [2.05, 4.69) is 56.9 Å². The summed E-state index contributed by atoms with van der Waals surface area (Å²) in [6, 6.07) is 0.944. The van der Waals surface area contributed by atoms with Crippen LogP contribution in [0.2, 0.25) is 0 Å². The van der Waals surface area contributed by atoms with Crippen LogP contribution in [0.25, 0.3) is 0 Å². The van der Waals surface area contributed by atoms with Crippen molar-refractivity contribution >= 4 is 16.5 Å². The maximum atomic E-state index is 4.69. The minimum atomic E-state index is 0.400. The van der Waals surface area contributed by atoms with Gasteiger partial charge in [0.15, 0.2) is 5.13 Å². The van der Waals surface area contributed by atoms with Gasteiger partial charge in [-0.2, -0.15) is 0 Å². The highest BCUT2D eigenvalue weighted by atomic mass is 32.1. The third kappa shape index (κ3) is 3.42. The molecule has 2 atom stereocenters. The van der Waals surface area contributed by atoms with Crippen LogP contribution in [-0.4, -0.2) is 24.6 Å². The minimum absolute atomic E-state index is 0.400. The molecule has 0 saturated carbocycles. The lowest BCUT2D eigenvalue weighted by Crippen LogP contribution is -2.27. The molecule has 1 aromatic heterocycles. The summed E-state index contributed by atoms with van der Waals surface area (Å²) in [5, 5.41) is 4.59. The Bertz CT molecular complexity index is 348.